The molecule has 2 heterocycles. The monoisotopic (exact) mass is 305 g/mol. The van der Waals surface area contributed by atoms with E-state index in [2.05, 4.69) is 10.3 Å². The Morgan fingerprint density at radius 3 is 3.05 bits per heavy atom. The third kappa shape index (κ3) is 2.88. The smallest absolute Gasteiger partial charge is 0.318 e. The number of aryl methyl sites for hydroxylation is 2. The van der Waals surface area contributed by atoms with E-state index < -0.39 is 0 Å². The van der Waals surface area contributed by atoms with Crippen molar-refractivity contribution in [2.24, 2.45) is 0 Å². The lowest BCUT2D eigenvalue weighted by Crippen LogP contribution is -2.54. The van der Waals surface area contributed by atoms with E-state index in [0.29, 0.717) is 18.7 Å². The van der Waals surface area contributed by atoms with Gasteiger partial charge in [-0.25, -0.2) is 4.79 Å². The molecular weight excluding hydrogens is 282 g/mol. The minimum Gasteiger partial charge on any atom is -0.374 e. The maximum Gasteiger partial charge on any atom is 0.318 e. The number of fused-ring (bicyclic) bond motifs is 1. The van der Waals surface area contributed by atoms with Crippen LogP contribution in [0.5, 0.6) is 0 Å². The van der Waals surface area contributed by atoms with Crippen LogP contribution in [0.2, 0.25) is 0 Å². The molecule has 0 radical (unpaired) electrons. The van der Waals surface area contributed by atoms with Crippen LogP contribution in [0, 0.1) is 13.8 Å². The highest BCUT2D eigenvalue weighted by atomic mass is 16.5. The van der Waals surface area contributed by atoms with Gasteiger partial charge >= 0.3 is 6.03 Å². The minimum atomic E-state index is -0.126. The maximum absolute atomic E-state index is 12.5. The SMILES string of the molecule is Cc1cc(C)c(CNC(=O)N2CCO[C@H]3CCC[C@H]32)c(=O)[nH]1. The van der Waals surface area contributed by atoms with Crippen molar-refractivity contribution in [3.8, 4) is 0 Å². The Morgan fingerprint density at radius 1 is 1.45 bits per heavy atom. The molecule has 2 atom stereocenters. The molecule has 2 N–H and O–H groups in total. The molecule has 6 heteroatoms. The van der Waals surface area contributed by atoms with Crippen LogP contribution < -0.4 is 10.9 Å². The van der Waals surface area contributed by atoms with Crippen LogP contribution in [0.3, 0.4) is 0 Å². The number of nitrogens with one attached hydrogen (secondary N) is 2. The van der Waals surface area contributed by atoms with Crippen molar-refractivity contribution in [2.75, 3.05) is 13.2 Å². The second-order valence-corrected chi connectivity index (χ2v) is 6.20. The van der Waals surface area contributed by atoms with Gasteiger partial charge in [-0.15, -0.1) is 0 Å². The number of hydrogen-bond donors (Lipinski definition) is 2. The summed E-state index contributed by atoms with van der Waals surface area (Å²) in [5.74, 6) is 0. The average Bonchev–Trinajstić information content (AvgIpc) is 2.94. The van der Waals surface area contributed by atoms with E-state index in [1.54, 1.807) is 0 Å². The van der Waals surface area contributed by atoms with E-state index >= 15 is 0 Å². The predicted molar refractivity (Wildman–Crippen MR) is 82.9 cm³/mol. The number of ether oxygens (including phenoxy) is 1. The van der Waals surface area contributed by atoms with E-state index in [4.69, 9.17) is 4.74 Å². The molecule has 1 aliphatic carbocycles. The fourth-order valence-corrected chi connectivity index (χ4v) is 3.54. The molecule has 1 aromatic rings. The predicted octanol–water partition coefficient (Wildman–Crippen LogP) is 1.45. The Hall–Kier alpha value is -1.82. The molecule has 6 nitrogen and oxygen atoms in total. The van der Waals surface area contributed by atoms with Crippen LogP contribution in [0.25, 0.3) is 0 Å². The van der Waals surface area contributed by atoms with Crippen LogP contribution in [-0.4, -0.2) is 41.2 Å². The first kappa shape index (κ1) is 15.1. The Morgan fingerprint density at radius 2 is 2.27 bits per heavy atom. The third-order valence-electron chi connectivity index (χ3n) is 4.65. The summed E-state index contributed by atoms with van der Waals surface area (Å²) in [4.78, 5) is 29.1. The fourth-order valence-electron chi connectivity index (χ4n) is 3.54. The molecule has 120 valence electrons. The van der Waals surface area contributed by atoms with Crippen molar-refractivity contribution in [2.45, 2.75) is 51.8 Å². The number of urea groups is 1. The Labute approximate surface area is 129 Å². The van der Waals surface area contributed by atoms with E-state index in [1.807, 2.05) is 24.8 Å². The fraction of sp³-hybridized carbons (Fsp3) is 0.625. The standard InChI is InChI=1S/C16H23N3O3/c1-10-8-11(2)18-15(20)12(10)9-17-16(21)19-6-7-22-14-5-3-4-13(14)19/h8,13-14H,3-7,9H2,1-2H3,(H,17,21)(H,18,20)/t13-,14+/m1/s1. The van der Waals surface area contributed by atoms with Crippen molar-refractivity contribution in [1.82, 2.24) is 15.2 Å². The Balaban J connectivity index is 1.66. The van der Waals surface area contributed by atoms with Crippen molar-refractivity contribution in [3.05, 3.63) is 33.2 Å². The highest BCUT2D eigenvalue weighted by molar-refractivity contribution is 5.74. The number of H-pyrrole nitrogens is 1. The average molecular weight is 305 g/mol. The highest BCUT2D eigenvalue weighted by Gasteiger charge is 2.38. The normalized spacial score (nSPS) is 24.2. The van der Waals surface area contributed by atoms with E-state index in [0.717, 1.165) is 30.5 Å². The molecule has 0 spiro atoms. The van der Waals surface area contributed by atoms with E-state index in [-0.39, 0.29) is 30.3 Å². The summed E-state index contributed by atoms with van der Waals surface area (Å²) < 4.78 is 5.72. The zero-order valence-corrected chi connectivity index (χ0v) is 13.1. The number of rotatable bonds is 2. The molecule has 2 fully saturated rings. The topological polar surface area (TPSA) is 74.4 Å². The summed E-state index contributed by atoms with van der Waals surface area (Å²) in [6.07, 6.45) is 3.33. The molecule has 2 aliphatic rings. The lowest BCUT2D eigenvalue weighted by Gasteiger charge is -2.37. The summed E-state index contributed by atoms with van der Waals surface area (Å²) in [6.45, 7) is 5.22. The summed E-state index contributed by atoms with van der Waals surface area (Å²) >= 11 is 0. The second-order valence-electron chi connectivity index (χ2n) is 6.20. The molecule has 1 saturated heterocycles. The summed E-state index contributed by atoms with van der Waals surface area (Å²) in [7, 11) is 0. The molecule has 1 saturated carbocycles. The highest BCUT2D eigenvalue weighted by Crippen LogP contribution is 2.29. The molecule has 0 aromatic carbocycles. The number of amides is 2. The van der Waals surface area contributed by atoms with Crippen LogP contribution in [0.1, 0.15) is 36.1 Å². The number of carbonyl (C=O) groups is 1. The van der Waals surface area contributed by atoms with Gasteiger partial charge in [0.05, 0.1) is 25.3 Å². The van der Waals surface area contributed by atoms with Gasteiger partial charge in [0.2, 0.25) is 0 Å². The molecule has 3 rings (SSSR count). The summed E-state index contributed by atoms with van der Waals surface area (Å²) in [6, 6.07) is 2.01. The quantitative estimate of drug-likeness (QED) is 0.868. The van der Waals surface area contributed by atoms with Crippen LogP contribution in [-0.2, 0) is 11.3 Å². The van der Waals surface area contributed by atoms with E-state index in [9.17, 15) is 9.59 Å². The number of nitrogens with zero attached hydrogens (tertiary/aromatic N) is 1. The van der Waals surface area contributed by atoms with Crippen LogP contribution in [0.4, 0.5) is 4.79 Å². The number of morpholine rings is 1. The van der Waals surface area contributed by atoms with Gasteiger partial charge in [0.15, 0.2) is 0 Å². The number of hydrogen-bond acceptors (Lipinski definition) is 3. The lowest BCUT2D eigenvalue weighted by atomic mass is 10.1. The zero-order chi connectivity index (χ0) is 15.7. The summed E-state index contributed by atoms with van der Waals surface area (Å²) in [5.41, 5.74) is 2.23. The Bertz CT molecular complexity index is 626. The zero-order valence-electron chi connectivity index (χ0n) is 13.1. The van der Waals surface area contributed by atoms with Crippen molar-refractivity contribution in [1.29, 1.82) is 0 Å². The molecule has 0 unspecified atom stereocenters. The molecule has 0 bridgehead atoms. The Kier molecular flexibility index (Phi) is 4.20. The first-order chi connectivity index (χ1) is 10.6. The van der Waals surface area contributed by atoms with Gasteiger partial charge < -0.3 is 19.9 Å². The summed E-state index contributed by atoms with van der Waals surface area (Å²) in [5, 5.41) is 2.89. The maximum atomic E-state index is 12.5. The van der Waals surface area contributed by atoms with Crippen LogP contribution >= 0.6 is 0 Å². The number of aromatic nitrogens is 1. The third-order valence-corrected chi connectivity index (χ3v) is 4.65. The van der Waals surface area contributed by atoms with Crippen molar-refractivity contribution >= 4 is 6.03 Å². The number of carbonyl (C=O) groups excluding carboxylic acids is 1. The first-order valence-corrected chi connectivity index (χ1v) is 7.91. The lowest BCUT2D eigenvalue weighted by molar-refractivity contribution is -0.0383. The molecule has 2 amide bonds. The van der Waals surface area contributed by atoms with Gasteiger partial charge in [-0.05, 0) is 44.7 Å². The second kappa shape index (κ2) is 6.12. The first-order valence-electron chi connectivity index (χ1n) is 7.91. The van der Waals surface area contributed by atoms with Gasteiger partial charge in [-0.1, -0.05) is 0 Å². The van der Waals surface area contributed by atoms with Gasteiger partial charge in [-0.3, -0.25) is 4.79 Å². The van der Waals surface area contributed by atoms with E-state index in [1.165, 1.54) is 0 Å². The molecule has 1 aromatic heterocycles. The number of aromatic amines is 1. The minimum absolute atomic E-state index is 0.0976. The van der Waals surface area contributed by atoms with Gasteiger partial charge in [0.1, 0.15) is 0 Å². The molecule has 1 aliphatic heterocycles. The van der Waals surface area contributed by atoms with Gasteiger partial charge in [0.25, 0.3) is 5.56 Å². The van der Waals surface area contributed by atoms with Crippen molar-refractivity contribution < 1.29 is 9.53 Å². The van der Waals surface area contributed by atoms with Gasteiger partial charge in [-0.2, -0.15) is 0 Å². The number of pyridine rings is 1. The molecule has 22 heavy (non-hydrogen) atoms. The molecular formula is C16H23N3O3. The van der Waals surface area contributed by atoms with Crippen molar-refractivity contribution in [3.63, 3.8) is 0 Å². The van der Waals surface area contributed by atoms with Crippen LogP contribution in [0.15, 0.2) is 10.9 Å². The largest absolute Gasteiger partial charge is 0.374 e. The van der Waals surface area contributed by atoms with Gasteiger partial charge in [0, 0.05) is 17.8 Å².